The quantitative estimate of drug-likeness (QED) is 0.760. The second-order valence-corrected chi connectivity index (χ2v) is 6.00. The Kier molecular flexibility index (Phi) is 5.21. The van der Waals surface area contributed by atoms with Crippen LogP contribution < -0.4 is 10.6 Å². The normalized spacial score (nSPS) is 13.0. The third-order valence-electron chi connectivity index (χ3n) is 3.65. The number of nitrogens with zero attached hydrogens (tertiary/aromatic N) is 2. The minimum Gasteiger partial charge on any atom is -0.451 e. The summed E-state index contributed by atoms with van der Waals surface area (Å²) in [7, 11) is 0. The van der Waals surface area contributed by atoms with Crippen LogP contribution in [0.4, 0.5) is 5.69 Å². The molecule has 0 unspecified atom stereocenters. The zero-order valence-electron chi connectivity index (χ0n) is 14.2. The van der Waals surface area contributed by atoms with Crippen LogP contribution in [0.2, 0.25) is 0 Å². The summed E-state index contributed by atoms with van der Waals surface area (Å²) >= 11 is 0. The third kappa shape index (κ3) is 4.85. The molecule has 1 aliphatic rings. The monoisotopic (exact) mass is 354 g/mol. The van der Waals surface area contributed by atoms with Crippen LogP contribution in [-0.4, -0.2) is 40.4 Å². The summed E-state index contributed by atoms with van der Waals surface area (Å²) < 4.78 is 4.91. The van der Waals surface area contributed by atoms with Crippen molar-refractivity contribution in [3.05, 3.63) is 53.6 Å². The number of amides is 2. The lowest BCUT2D eigenvalue weighted by molar-refractivity contribution is -0.119. The van der Waals surface area contributed by atoms with Gasteiger partial charge in [0, 0.05) is 23.5 Å². The number of aryl methyl sites for hydroxylation is 1. The lowest BCUT2D eigenvalue weighted by Gasteiger charge is -2.08. The van der Waals surface area contributed by atoms with Crippen molar-refractivity contribution in [1.82, 2.24) is 15.3 Å². The lowest BCUT2D eigenvalue weighted by atomic mass is 10.2. The van der Waals surface area contributed by atoms with E-state index in [2.05, 4.69) is 20.6 Å². The van der Waals surface area contributed by atoms with Crippen LogP contribution >= 0.6 is 0 Å². The highest BCUT2D eigenvalue weighted by molar-refractivity contribution is 5.98. The summed E-state index contributed by atoms with van der Waals surface area (Å²) in [6, 6.07) is 6.82. The highest BCUT2D eigenvalue weighted by atomic mass is 16.5. The molecule has 26 heavy (non-hydrogen) atoms. The Morgan fingerprint density at radius 1 is 1.19 bits per heavy atom. The molecule has 0 bridgehead atoms. The number of nitrogens with one attached hydrogen (secondary N) is 2. The number of hydrogen-bond acceptors (Lipinski definition) is 6. The van der Waals surface area contributed by atoms with Crippen LogP contribution in [0.3, 0.4) is 0 Å². The summed E-state index contributed by atoms with van der Waals surface area (Å²) in [4.78, 5) is 43.6. The van der Waals surface area contributed by atoms with Gasteiger partial charge in [0.1, 0.15) is 0 Å². The minimum atomic E-state index is -0.731. The molecule has 1 aliphatic carbocycles. The molecule has 1 fully saturated rings. The maximum atomic E-state index is 12.0. The second-order valence-electron chi connectivity index (χ2n) is 6.00. The van der Waals surface area contributed by atoms with E-state index in [4.69, 9.17) is 4.74 Å². The standard InChI is InChI=1S/C18H18N4O4/c1-11-8-20-15(9-19-11)18(25)26-10-16(23)21-14-4-2-3-12(7-14)17(24)22-13-5-6-13/h2-4,7-9,13H,5-6,10H2,1H3,(H,21,23)(H,22,24). The number of benzene rings is 1. The van der Waals surface area contributed by atoms with Crippen LogP contribution in [0.25, 0.3) is 0 Å². The van der Waals surface area contributed by atoms with Gasteiger partial charge in [0.05, 0.1) is 11.9 Å². The summed E-state index contributed by atoms with van der Waals surface area (Å²) in [5.41, 5.74) is 1.61. The topological polar surface area (TPSA) is 110 Å². The van der Waals surface area contributed by atoms with Crippen molar-refractivity contribution in [1.29, 1.82) is 0 Å². The van der Waals surface area contributed by atoms with Gasteiger partial charge < -0.3 is 15.4 Å². The van der Waals surface area contributed by atoms with E-state index in [0.29, 0.717) is 16.9 Å². The van der Waals surface area contributed by atoms with Crippen molar-refractivity contribution in [2.75, 3.05) is 11.9 Å². The molecule has 2 amide bonds. The molecule has 0 aliphatic heterocycles. The van der Waals surface area contributed by atoms with Gasteiger partial charge in [-0.15, -0.1) is 0 Å². The van der Waals surface area contributed by atoms with E-state index in [-0.39, 0.29) is 17.6 Å². The Morgan fingerprint density at radius 3 is 2.69 bits per heavy atom. The first-order chi connectivity index (χ1) is 12.5. The van der Waals surface area contributed by atoms with Gasteiger partial charge in [0.15, 0.2) is 12.3 Å². The molecule has 2 N–H and O–H groups in total. The smallest absolute Gasteiger partial charge is 0.359 e. The molecule has 8 nitrogen and oxygen atoms in total. The first-order valence-corrected chi connectivity index (χ1v) is 8.18. The lowest BCUT2D eigenvalue weighted by Crippen LogP contribution is -2.25. The van der Waals surface area contributed by atoms with Crippen LogP contribution in [0, 0.1) is 6.92 Å². The molecule has 0 radical (unpaired) electrons. The molecular formula is C18H18N4O4. The van der Waals surface area contributed by atoms with Crippen molar-refractivity contribution in [2.45, 2.75) is 25.8 Å². The molecule has 1 aromatic carbocycles. The van der Waals surface area contributed by atoms with Crippen molar-refractivity contribution in [3.8, 4) is 0 Å². The number of aromatic nitrogens is 2. The fourth-order valence-electron chi connectivity index (χ4n) is 2.13. The third-order valence-corrected chi connectivity index (χ3v) is 3.65. The molecule has 8 heteroatoms. The summed E-state index contributed by atoms with van der Waals surface area (Å²) in [6.07, 6.45) is 4.73. The fourth-order valence-corrected chi connectivity index (χ4v) is 2.13. The summed E-state index contributed by atoms with van der Waals surface area (Å²) in [6.45, 7) is 1.28. The first-order valence-electron chi connectivity index (χ1n) is 8.18. The Hall–Kier alpha value is -3.29. The number of carbonyl (C=O) groups is 3. The van der Waals surface area contributed by atoms with Crippen molar-refractivity contribution in [3.63, 3.8) is 0 Å². The number of hydrogen-bond donors (Lipinski definition) is 2. The minimum absolute atomic E-state index is 0.0298. The predicted molar refractivity (Wildman–Crippen MR) is 92.6 cm³/mol. The predicted octanol–water partition coefficient (Wildman–Crippen LogP) is 1.47. The van der Waals surface area contributed by atoms with E-state index >= 15 is 0 Å². The molecule has 2 aromatic rings. The molecule has 0 atom stereocenters. The average molecular weight is 354 g/mol. The molecule has 1 saturated carbocycles. The molecule has 0 spiro atoms. The summed E-state index contributed by atoms with van der Waals surface area (Å²) in [5, 5.41) is 5.47. The van der Waals surface area contributed by atoms with Gasteiger partial charge in [-0.05, 0) is 38.0 Å². The second kappa shape index (κ2) is 7.73. The largest absolute Gasteiger partial charge is 0.451 e. The van der Waals surface area contributed by atoms with Gasteiger partial charge in [0.2, 0.25) is 0 Å². The Morgan fingerprint density at radius 2 is 2.00 bits per heavy atom. The van der Waals surface area contributed by atoms with Crippen molar-refractivity contribution >= 4 is 23.5 Å². The van der Waals surface area contributed by atoms with Gasteiger partial charge in [-0.3, -0.25) is 14.6 Å². The Labute approximate surface area is 150 Å². The van der Waals surface area contributed by atoms with E-state index in [1.54, 1.807) is 31.2 Å². The molecule has 0 saturated heterocycles. The van der Waals surface area contributed by atoms with Crippen molar-refractivity contribution < 1.29 is 19.1 Å². The zero-order chi connectivity index (χ0) is 18.5. The van der Waals surface area contributed by atoms with Crippen LogP contribution in [0.15, 0.2) is 36.7 Å². The number of esters is 1. The van der Waals surface area contributed by atoms with E-state index in [9.17, 15) is 14.4 Å². The first kappa shape index (κ1) is 17.5. The van der Waals surface area contributed by atoms with Gasteiger partial charge >= 0.3 is 5.97 Å². The number of carbonyl (C=O) groups excluding carboxylic acids is 3. The van der Waals surface area contributed by atoms with Gasteiger partial charge in [-0.1, -0.05) is 6.07 Å². The van der Waals surface area contributed by atoms with Gasteiger partial charge in [0.25, 0.3) is 11.8 Å². The maximum absolute atomic E-state index is 12.0. The Bertz CT molecular complexity index is 831. The maximum Gasteiger partial charge on any atom is 0.359 e. The van der Waals surface area contributed by atoms with Crippen LogP contribution in [0.5, 0.6) is 0 Å². The molecule has 3 rings (SSSR count). The van der Waals surface area contributed by atoms with E-state index < -0.39 is 18.5 Å². The number of anilines is 1. The van der Waals surface area contributed by atoms with Gasteiger partial charge in [-0.2, -0.15) is 0 Å². The highest BCUT2D eigenvalue weighted by Gasteiger charge is 2.23. The van der Waals surface area contributed by atoms with Crippen LogP contribution in [0.1, 0.15) is 39.4 Å². The van der Waals surface area contributed by atoms with Crippen LogP contribution in [-0.2, 0) is 9.53 Å². The average Bonchev–Trinajstić information content (AvgIpc) is 3.44. The SMILES string of the molecule is Cc1cnc(C(=O)OCC(=O)Nc2cccc(C(=O)NC3CC3)c2)cn1. The van der Waals surface area contributed by atoms with Gasteiger partial charge in [-0.25, -0.2) is 9.78 Å². The van der Waals surface area contributed by atoms with E-state index in [1.165, 1.54) is 12.4 Å². The fraction of sp³-hybridized carbons (Fsp3) is 0.278. The zero-order valence-corrected chi connectivity index (χ0v) is 14.2. The van der Waals surface area contributed by atoms with E-state index in [0.717, 1.165) is 12.8 Å². The number of ether oxygens (including phenoxy) is 1. The number of rotatable bonds is 6. The molecule has 1 aromatic heterocycles. The highest BCUT2D eigenvalue weighted by Crippen LogP contribution is 2.20. The molecular weight excluding hydrogens is 336 g/mol. The Balaban J connectivity index is 1.52. The summed E-state index contributed by atoms with van der Waals surface area (Å²) in [5.74, 6) is -1.42. The van der Waals surface area contributed by atoms with Crippen molar-refractivity contribution in [2.24, 2.45) is 0 Å². The van der Waals surface area contributed by atoms with E-state index in [1.807, 2.05) is 0 Å². The molecule has 134 valence electrons. The molecule has 1 heterocycles.